The predicted octanol–water partition coefficient (Wildman–Crippen LogP) is 3.54. The molecule has 0 unspecified atom stereocenters. The molecular formula is C18H16BrClN6O2S. The average molecular weight is 496 g/mol. The molecule has 2 aromatic carbocycles. The number of aryl methyl sites for hydroxylation is 1. The fourth-order valence-corrected chi connectivity index (χ4v) is 3.59. The highest BCUT2D eigenvalue weighted by Crippen LogP contribution is 2.33. The van der Waals surface area contributed by atoms with Crippen LogP contribution in [-0.2, 0) is 11.8 Å². The average Bonchev–Trinajstić information content (AvgIpc) is 3.09. The maximum absolute atomic E-state index is 12.4. The number of carbonyl (C=O) groups excluding carboxylic acids is 2. The lowest BCUT2D eigenvalue weighted by molar-refractivity contribution is -0.116. The minimum Gasteiger partial charge on any atom is -0.352 e. The minimum atomic E-state index is -0.261. The van der Waals surface area contributed by atoms with Gasteiger partial charge in [0, 0.05) is 40.0 Å². The number of hydrogen-bond acceptors (Lipinski definition) is 6. The normalized spacial score (nSPS) is 10.6. The number of nitrogens with one attached hydrogen (secondary N) is 2. The van der Waals surface area contributed by atoms with Gasteiger partial charge in [-0.2, -0.15) is 0 Å². The first-order valence-electron chi connectivity index (χ1n) is 8.46. The van der Waals surface area contributed by atoms with Crippen molar-refractivity contribution in [1.29, 1.82) is 0 Å². The number of carbonyl (C=O) groups is 2. The molecule has 2 amide bonds. The SMILES string of the molecule is Cn1nnnc1Sc1ccc(Br)cc1NC(=O)CCNC(=O)c1ccc(Cl)cc1. The first kappa shape index (κ1) is 21.3. The molecule has 0 saturated carbocycles. The van der Waals surface area contributed by atoms with Crippen LogP contribution in [0.5, 0.6) is 0 Å². The highest BCUT2D eigenvalue weighted by Gasteiger charge is 2.13. The number of anilines is 1. The van der Waals surface area contributed by atoms with E-state index >= 15 is 0 Å². The van der Waals surface area contributed by atoms with Crippen molar-refractivity contribution < 1.29 is 9.59 Å². The summed E-state index contributed by atoms with van der Waals surface area (Å²) in [7, 11) is 1.74. The summed E-state index contributed by atoms with van der Waals surface area (Å²) in [5.41, 5.74) is 1.11. The van der Waals surface area contributed by atoms with Crippen molar-refractivity contribution in [3.63, 3.8) is 0 Å². The van der Waals surface area contributed by atoms with E-state index in [2.05, 4.69) is 42.1 Å². The van der Waals surface area contributed by atoms with Crippen LogP contribution in [0.1, 0.15) is 16.8 Å². The molecule has 150 valence electrons. The molecule has 0 aliphatic heterocycles. The summed E-state index contributed by atoms with van der Waals surface area (Å²) in [6.45, 7) is 0.205. The Kier molecular flexibility index (Phi) is 7.24. The van der Waals surface area contributed by atoms with Crippen molar-refractivity contribution in [1.82, 2.24) is 25.5 Å². The third kappa shape index (κ3) is 6.02. The summed E-state index contributed by atoms with van der Waals surface area (Å²) in [5.74, 6) is -0.486. The van der Waals surface area contributed by atoms with Crippen LogP contribution in [0.25, 0.3) is 0 Å². The molecule has 0 spiro atoms. The van der Waals surface area contributed by atoms with E-state index in [0.29, 0.717) is 21.4 Å². The first-order chi connectivity index (χ1) is 13.9. The van der Waals surface area contributed by atoms with E-state index in [1.807, 2.05) is 12.1 Å². The van der Waals surface area contributed by atoms with Crippen LogP contribution in [0, 0.1) is 0 Å². The molecule has 1 aromatic heterocycles. The van der Waals surface area contributed by atoms with Crippen molar-refractivity contribution in [2.45, 2.75) is 16.5 Å². The third-order valence-corrected chi connectivity index (χ3v) is 5.59. The van der Waals surface area contributed by atoms with Crippen LogP contribution in [-0.4, -0.2) is 38.6 Å². The number of halogens is 2. The molecule has 3 aromatic rings. The Bertz CT molecular complexity index is 1030. The number of rotatable bonds is 7. The smallest absolute Gasteiger partial charge is 0.251 e. The Balaban J connectivity index is 1.57. The molecule has 0 atom stereocenters. The molecule has 0 saturated heterocycles. The molecular weight excluding hydrogens is 480 g/mol. The maximum atomic E-state index is 12.4. The second kappa shape index (κ2) is 9.86. The van der Waals surface area contributed by atoms with Crippen molar-refractivity contribution in [3.05, 3.63) is 57.5 Å². The molecule has 29 heavy (non-hydrogen) atoms. The summed E-state index contributed by atoms with van der Waals surface area (Å²) in [5, 5.41) is 18.1. The van der Waals surface area contributed by atoms with Crippen molar-refractivity contribution in [2.75, 3.05) is 11.9 Å². The van der Waals surface area contributed by atoms with Crippen molar-refractivity contribution >= 4 is 56.8 Å². The fraction of sp³-hybridized carbons (Fsp3) is 0.167. The molecule has 3 rings (SSSR count). The summed E-state index contributed by atoms with van der Waals surface area (Å²) >= 11 is 10.6. The van der Waals surface area contributed by atoms with Gasteiger partial charge in [0.05, 0.1) is 5.69 Å². The van der Waals surface area contributed by atoms with Crippen molar-refractivity contribution in [2.24, 2.45) is 7.05 Å². The van der Waals surface area contributed by atoms with Gasteiger partial charge in [0.1, 0.15) is 0 Å². The number of benzene rings is 2. The van der Waals surface area contributed by atoms with Gasteiger partial charge in [0.25, 0.3) is 5.91 Å². The zero-order chi connectivity index (χ0) is 20.8. The van der Waals surface area contributed by atoms with E-state index in [1.165, 1.54) is 11.8 Å². The Morgan fingerprint density at radius 2 is 1.97 bits per heavy atom. The number of nitrogens with zero attached hydrogens (tertiary/aromatic N) is 4. The molecule has 0 aliphatic carbocycles. The standard InChI is InChI=1S/C18H16BrClN6O2S/c1-26-18(23-24-25-26)29-15-7-4-12(19)10-14(15)22-16(27)8-9-21-17(28)11-2-5-13(20)6-3-11/h2-7,10H,8-9H2,1H3,(H,21,28)(H,22,27). The number of amides is 2. The van der Waals surface area contributed by atoms with Crippen LogP contribution < -0.4 is 10.6 Å². The number of hydrogen-bond donors (Lipinski definition) is 2. The molecule has 0 radical (unpaired) electrons. The van der Waals surface area contributed by atoms with Gasteiger partial charge in [-0.1, -0.05) is 27.5 Å². The van der Waals surface area contributed by atoms with E-state index in [1.54, 1.807) is 42.1 Å². The summed E-state index contributed by atoms with van der Waals surface area (Å²) in [4.78, 5) is 25.2. The predicted molar refractivity (Wildman–Crippen MR) is 114 cm³/mol. The Morgan fingerprint density at radius 1 is 1.21 bits per heavy atom. The van der Waals surface area contributed by atoms with Gasteiger partial charge < -0.3 is 10.6 Å². The second-order valence-electron chi connectivity index (χ2n) is 5.89. The zero-order valence-corrected chi connectivity index (χ0v) is 18.4. The van der Waals surface area contributed by atoms with Crippen LogP contribution in [0.4, 0.5) is 5.69 Å². The molecule has 0 bridgehead atoms. The van der Waals surface area contributed by atoms with E-state index in [0.717, 1.165) is 9.37 Å². The Hall–Kier alpha value is -2.43. The van der Waals surface area contributed by atoms with Crippen LogP contribution in [0.3, 0.4) is 0 Å². The Morgan fingerprint density at radius 3 is 2.66 bits per heavy atom. The molecule has 2 N–H and O–H groups in total. The summed E-state index contributed by atoms with van der Waals surface area (Å²) in [6, 6.07) is 12.1. The lowest BCUT2D eigenvalue weighted by Gasteiger charge is -2.11. The number of aromatic nitrogens is 4. The molecule has 0 fully saturated rings. The minimum absolute atomic E-state index is 0.126. The van der Waals surface area contributed by atoms with Crippen molar-refractivity contribution in [3.8, 4) is 0 Å². The van der Waals surface area contributed by atoms with Crippen LogP contribution >= 0.6 is 39.3 Å². The molecule has 0 aliphatic rings. The number of tetrazole rings is 1. The zero-order valence-electron chi connectivity index (χ0n) is 15.2. The third-order valence-electron chi connectivity index (χ3n) is 3.74. The quantitative estimate of drug-likeness (QED) is 0.520. The highest BCUT2D eigenvalue weighted by atomic mass is 79.9. The monoisotopic (exact) mass is 494 g/mol. The highest BCUT2D eigenvalue weighted by molar-refractivity contribution is 9.10. The first-order valence-corrected chi connectivity index (χ1v) is 10.4. The van der Waals surface area contributed by atoms with E-state index in [-0.39, 0.29) is 24.8 Å². The van der Waals surface area contributed by atoms with Gasteiger partial charge in [-0.25, -0.2) is 4.68 Å². The van der Waals surface area contributed by atoms with Gasteiger partial charge in [-0.15, -0.1) is 5.10 Å². The lowest BCUT2D eigenvalue weighted by atomic mass is 10.2. The van der Waals surface area contributed by atoms with E-state index in [4.69, 9.17) is 11.6 Å². The molecule has 1 heterocycles. The summed E-state index contributed by atoms with van der Waals surface area (Å²) < 4.78 is 2.37. The van der Waals surface area contributed by atoms with Crippen LogP contribution in [0.2, 0.25) is 5.02 Å². The van der Waals surface area contributed by atoms with E-state index in [9.17, 15) is 9.59 Å². The molecule has 8 nitrogen and oxygen atoms in total. The lowest BCUT2D eigenvalue weighted by Crippen LogP contribution is -2.27. The second-order valence-corrected chi connectivity index (χ2v) is 8.25. The van der Waals surface area contributed by atoms with Crippen LogP contribution in [0.15, 0.2) is 57.0 Å². The maximum Gasteiger partial charge on any atom is 0.251 e. The van der Waals surface area contributed by atoms with Gasteiger partial charge in [-0.05, 0) is 64.7 Å². The fourth-order valence-electron chi connectivity index (χ4n) is 2.30. The largest absolute Gasteiger partial charge is 0.352 e. The summed E-state index contributed by atoms with van der Waals surface area (Å²) in [6.07, 6.45) is 0.126. The Labute approximate surface area is 184 Å². The van der Waals surface area contributed by atoms with Gasteiger partial charge in [-0.3, -0.25) is 9.59 Å². The molecule has 11 heteroatoms. The topological polar surface area (TPSA) is 102 Å². The van der Waals surface area contributed by atoms with E-state index < -0.39 is 0 Å². The van der Waals surface area contributed by atoms with Gasteiger partial charge >= 0.3 is 0 Å². The van der Waals surface area contributed by atoms with Gasteiger partial charge in [0.2, 0.25) is 11.1 Å². The van der Waals surface area contributed by atoms with Gasteiger partial charge in [0.15, 0.2) is 0 Å².